The van der Waals surface area contributed by atoms with Crippen LogP contribution in [0.25, 0.3) is 0 Å². The van der Waals surface area contributed by atoms with Crippen LogP contribution in [0, 0.1) is 5.82 Å². The van der Waals surface area contributed by atoms with E-state index in [4.69, 9.17) is 0 Å². The molecule has 2 amide bonds. The number of benzene rings is 1. The first kappa shape index (κ1) is 12.5. The third kappa shape index (κ3) is 2.72. The van der Waals surface area contributed by atoms with E-state index >= 15 is 0 Å². The summed E-state index contributed by atoms with van der Waals surface area (Å²) in [6.07, 6.45) is 6.30. The number of hydrogen-bond acceptors (Lipinski definition) is 1. The van der Waals surface area contributed by atoms with Crippen molar-refractivity contribution in [3.63, 3.8) is 0 Å². The zero-order valence-electron chi connectivity index (χ0n) is 10.9. The first-order valence-electron chi connectivity index (χ1n) is 7.03. The van der Waals surface area contributed by atoms with Crippen LogP contribution in [-0.4, -0.2) is 12.1 Å². The highest BCUT2D eigenvalue weighted by molar-refractivity contribution is 5.76. The molecule has 0 aromatic heterocycles. The lowest BCUT2D eigenvalue weighted by molar-refractivity contribution is 0.232. The Morgan fingerprint density at radius 2 is 2.00 bits per heavy atom. The molecule has 3 nitrogen and oxygen atoms in total. The Morgan fingerprint density at radius 3 is 2.63 bits per heavy atom. The van der Waals surface area contributed by atoms with Gasteiger partial charge in [0, 0.05) is 6.04 Å². The molecule has 0 heterocycles. The van der Waals surface area contributed by atoms with Crippen LogP contribution in [0.1, 0.15) is 44.1 Å². The summed E-state index contributed by atoms with van der Waals surface area (Å²) in [5.41, 5.74) is 0.527. The molecular formula is C15H19FN2O. The maximum Gasteiger partial charge on any atom is 0.315 e. The minimum absolute atomic E-state index is 0.117. The standard InChI is InChI=1S/C15H19FN2O/c16-12-5-3-4-11(10-12)15(8-9-15)18-14(19)17-13-6-1-2-7-13/h3-5,10,13H,1-2,6-9H2,(H2,17,18,19). The van der Waals surface area contributed by atoms with E-state index in [0.29, 0.717) is 6.04 Å². The molecule has 2 saturated carbocycles. The predicted octanol–water partition coefficient (Wildman–Crippen LogP) is 3.06. The molecule has 102 valence electrons. The van der Waals surface area contributed by atoms with Gasteiger partial charge in [0.1, 0.15) is 5.82 Å². The van der Waals surface area contributed by atoms with Crippen LogP contribution in [-0.2, 0) is 5.54 Å². The van der Waals surface area contributed by atoms with Crippen LogP contribution < -0.4 is 10.6 Å². The van der Waals surface area contributed by atoms with Crippen LogP contribution in [0.4, 0.5) is 9.18 Å². The average molecular weight is 262 g/mol. The minimum Gasteiger partial charge on any atom is -0.335 e. The zero-order chi connectivity index (χ0) is 13.3. The fraction of sp³-hybridized carbons (Fsp3) is 0.533. The molecule has 2 fully saturated rings. The van der Waals surface area contributed by atoms with Crippen molar-refractivity contribution in [2.45, 2.75) is 50.1 Å². The van der Waals surface area contributed by atoms with Crippen molar-refractivity contribution in [2.75, 3.05) is 0 Å². The van der Waals surface area contributed by atoms with Gasteiger partial charge in [-0.15, -0.1) is 0 Å². The largest absolute Gasteiger partial charge is 0.335 e. The summed E-state index contributed by atoms with van der Waals surface area (Å²) in [6.45, 7) is 0. The van der Waals surface area contributed by atoms with Crippen LogP contribution in [0.15, 0.2) is 24.3 Å². The average Bonchev–Trinajstić information content (AvgIpc) is 2.97. The number of amides is 2. The fourth-order valence-electron chi connectivity index (χ4n) is 2.91. The van der Waals surface area contributed by atoms with Gasteiger partial charge >= 0.3 is 6.03 Å². The highest BCUT2D eigenvalue weighted by Gasteiger charge is 2.46. The number of halogens is 1. The molecule has 0 bridgehead atoms. The van der Waals surface area contributed by atoms with Crippen molar-refractivity contribution in [2.24, 2.45) is 0 Å². The van der Waals surface area contributed by atoms with E-state index < -0.39 is 0 Å². The maximum atomic E-state index is 13.3. The van der Waals surface area contributed by atoms with Gasteiger partial charge in [0.15, 0.2) is 0 Å². The van der Waals surface area contributed by atoms with Gasteiger partial charge in [-0.1, -0.05) is 25.0 Å². The van der Waals surface area contributed by atoms with Crippen LogP contribution in [0.2, 0.25) is 0 Å². The first-order chi connectivity index (χ1) is 9.18. The predicted molar refractivity (Wildman–Crippen MR) is 71.2 cm³/mol. The third-order valence-electron chi connectivity index (χ3n) is 4.17. The van der Waals surface area contributed by atoms with Crippen molar-refractivity contribution in [1.82, 2.24) is 10.6 Å². The first-order valence-corrected chi connectivity index (χ1v) is 7.03. The number of rotatable bonds is 3. The number of urea groups is 1. The third-order valence-corrected chi connectivity index (χ3v) is 4.17. The topological polar surface area (TPSA) is 41.1 Å². The summed E-state index contributed by atoms with van der Waals surface area (Å²) in [5, 5.41) is 6.04. The Bertz CT molecular complexity index is 479. The Hall–Kier alpha value is -1.58. The van der Waals surface area contributed by atoms with Crippen molar-refractivity contribution in [3.8, 4) is 0 Å². The number of hydrogen-bond donors (Lipinski definition) is 2. The molecule has 1 aromatic rings. The van der Waals surface area contributed by atoms with E-state index in [1.807, 2.05) is 6.07 Å². The van der Waals surface area contributed by atoms with Gasteiger partial charge in [0.2, 0.25) is 0 Å². The highest BCUT2D eigenvalue weighted by Crippen LogP contribution is 2.45. The Kier molecular flexibility index (Phi) is 3.17. The van der Waals surface area contributed by atoms with Gasteiger partial charge in [-0.05, 0) is 43.4 Å². The lowest BCUT2D eigenvalue weighted by Crippen LogP contribution is -2.45. The molecule has 2 aliphatic carbocycles. The van der Waals surface area contributed by atoms with Gasteiger partial charge in [0.05, 0.1) is 5.54 Å². The molecule has 0 saturated heterocycles. The molecule has 0 spiro atoms. The maximum absolute atomic E-state index is 13.3. The molecule has 2 N–H and O–H groups in total. The van der Waals surface area contributed by atoms with E-state index in [1.54, 1.807) is 6.07 Å². The van der Waals surface area contributed by atoms with E-state index in [9.17, 15) is 9.18 Å². The molecule has 19 heavy (non-hydrogen) atoms. The Morgan fingerprint density at radius 1 is 1.26 bits per heavy atom. The van der Waals surface area contributed by atoms with Gasteiger partial charge in [-0.25, -0.2) is 9.18 Å². The van der Waals surface area contributed by atoms with Crippen molar-refractivity contribution < 1.29 is 9.18 Å². The SMILES string of the molecule is O=C(NC1CCCC1)NC1(c2cccc(F)c2)CC1. The summed E-state index contributed by atoms with van der Waals surface area (Å²) in [6, 6.07) is 6.71. The van der Waals surface area contributed by atoms with E-state index in [1.165, 1.54) is 25.0 Å². The molecule has 3 rings (SSSR count). The van der Waals surface area contributed by atoms with Crippen molar-refractivity contribution in [3.05, 3.63) is 35.6 Å². The van der Waals surface area contributed by atoms with E-state index in [0.717, 1.165) is 31.2 Å². The molecule has 0 unspecified atom stereocenters. The second-order valence-corrected chi connectivity index (χ2v) is 5.67. The molecular weight excluding hydrogens is 243 g/mol. The zero-order valence-corrected chi connectivity index (χ0v) is 10.9. The molecule has 4 heteroatoms. The minimum atomic E-state index is -0.342. The fourth-order valence-corrected chi connectivity index (χ4v) is 2.91. The summed E-state index contributed by atoms with van der Waals surface area (Å²) in [5.74, 6) is -0.248. The lowest BCUT2D eigenvalue weighted by Gasteiger charge is -2.20. The quantitative estimate of drug-likeness (QED) is 0.863. The highest BCUT2D eigenvalue weighted by atomic mass is 19.1. The summed E-state index contributed by atoms with van der Waals surface area (Å²) >= 11 is 0. The van der Waals surface area contributed by atoms with Crippen molar-refractivity contribution >= 4 is 6.03 Å². The summed E-state index contributed by atoms with van der Waals surface area (Å²) in [4.78, 5) is 12.0. The molecule has 0 aliphatic heterocycles. The van der Waals surface area contributed by atoms with E-state index in [-0.39, 0.29) is 17.4 Å². The molecule has 0 radical (unpaired) electrons. The number of nitrogens with one attached hydrogen (secondary N) is 2. The number of carbonyl (C=O) groups is 1. The van der Waals surface area contributed by atoms with Gasteiger partial charge in [-0.3, -0.25) is 0 Å². The monoisotopic (exact) mass is 262 g/mol. The van der Waals surface area contributed by atoms with Gasteiger partial charge in [0.25, 0.3) is 0 Å². The van der Waals surface area contributed by atoms with E-state index in [2.05, 4.69) is 10.6 Å². The summed E-state index contributed by atoms with van der Waals surface area (Å²) < 4.78 is 13.3. The number of carbonyl (C=O) groups excluding carboxylic acids is 1. The second kappa shape index (κ2) is 4.83. The molecule has 1 aromatic carbocycles. The van der Waals surface area contributed by atoms with Crippen LogP contribution in [0.5, 0.6) is 0 Å². The normalized spacial score (nSPS) is 21.1. The van der Waals surface area contributed by atoms with Crippen molar-refractivity contribution in [1.29, 1.82) is 0 Å². The van der Waals surface area contributed by atoms with Crippen LogP contribution >= 0.6 is 0 Å². The smallest absolute Gasteiger partial charge is 0.315 e. The lowest BCUT2D eigenvalue weighted by atomic mass is 10.1. The second-order valence-electron chi connectivity index (χ2n) is 5.67. The molecule has 0 atom stereocenters. The van der Waals surface area contributed by atoms with Gasteiger partial charge < -0.3 is 10.6 Å². The Labute approximate surface area is 112 Å². The van der Waals surface area contributed by atoms with Crippen LogP contribution in [0.3, 0.4) is 0 Å². The summed E-state index contributed by atoms with van der Waals surface area (Å²) in [7, 11) is 0. The molecule has 2 aliphatic rings. The van der Waals surface area contributed by atoms with Gasteiger partial charge in [-0.2, -0.15) is 0 Å². The Balaban J connectivity index is 1.63.